The topological polar surface area (TPSA) is 270 Å². The molecule has 1 amide bonds. The molecular weight excluding hydrogens is 503 g/mol. The first-order chi connectivity index (χ1) is 14.5. The first kappa shape index (κ1) is 26.6. The number of ether oxygens (including phenoxy) is 1. The summed E-state index contributed by atoms with van der Waals surface area (Å²) >= 11 is 0. The maximum absolute atomic E-state index is 11.9. The van der Waals surface area contributed by atoms with Crippen molar-refractivity contribution in [2.75, 3.05) is 6.61 Å². The van der Waals surface area contributed by atoms with E-state index in [0.29, 0.717) is 0 Å². The Kier molecular flexibility index (Phi) is 7.77. The minimum absolute atomic E-state index is 0.0115. The molecule has 0 aromatic rings. The normalized spacial score (nSPS) is 32.1. The largest absolute Gasteiger partial charge is 0.490 e. The van der Waals surface area contributed by atoms with E-state index in [2.05, 4.69) is 35.1 Å². The molecule has 1 saturated heterocycles. The number of rotatable bonds is 9. The van der Waals surface area contributed by atoms with Gasteiger partial charge in [-0.05, 0) is 12.5 Å². The van der Waals surface area contributed by atoms with Gasteiger partial charge in [0.1, 0.15) is 23.7 Å². The van der Waals surface area contributed by atoms with Crippen molar-refractivity contribution in [2.45, 2.75) is 30.9 Å². The van der Waals surface area contributed by atoms with Crippen LogP contribution in [0.15, 0.2) is 29.8 Å². The summed E-state index contributed by atoms with van der Waals surface area (Å²) in [4.78, 5) is 51.0. The number of hydrogen-bond donors (Lipinski definition) is 6. The van der Waals surface area contributed by atoms with Gasteiger partial charge >= 0.3 is 23.5 Å². The lowest BCUT2D eigenvalue weighted by Gasteiger charge is -2.37. The van der Waals surface area contributed by atoms with Crippen LogP contribution in [0.5, 0.6) is 0 Å². The van der Waals surface area contributed by atoms with Gasteiger partial charge in [0.05, 0.1) is 12.7 Å². The fourth-order valence-corrected chi connectivity index (χ4v) is 5.79. The number of nitrogens with zero attached hydrogens (tertiary/aromatic N) is 4. The molecule has 6 N–H and O–H groups in total. The molecule has 2 unspecified atom stereocenters. The summed E-state index contributed by atoms with van der Waals surface area (Å²) in [6, 6.07) is 0. The SMILES string of the molecule is C=C1NC(=O)C=CN1[C@@H]1O[C@H](COP(=O)(O)OP(=O)(O)OP(=O)(O)O)[C@@H](O)[C@@]1(C)N=[N+]=[N-]. The number of carbonyl (C=O) groups is 1. The van der Waals surface area contributed by atoms with Gasteiger partial charge in [-0.2, -0.15) is 8.62 Å². The van der Waals surface area contributed by atoms with Gasteiger partial charge in [0, 0.05) is 17.2 Å². The van der Waals surface area contributed by atoms with Gasteiger partial charge in [0.25, 0.3) is 5.91 Å². The van der Waals surface area contributed by atoms with Gasteiger partial charge in [-0.1, -0.05) is 11.7 Å². The Morgan fingerprint density at radius 3 is 2.47 bits per heavy atom. The highest BCUT2D eigenvalue weighted by atomic mass is 31.3. The van der Waals surface area contributed by atoms with Crippen molar-refractivity contribution in [3.05, 3.63) is 35.1 Å². The Morgan fingerprint density at radius 2 is 1.94 bits per heavy atom. The van der Waals surface area contributed by atoms with Gasteiger partial charge in [-0.3, -0.25) is 9.32 Å². The molecule has 0 saturated carbocycles. The highest BCUT2D eigenvalue weighted by Crippen LogP contribution is 2.66. The maximum atomic E-state index is 11.9. The molecule has 0 aliphatic carbocycles. The predicted octanol–water partition coefficient (Wildman–Crippen LogP) is -0.0988. The summed E-state index contributed by atoms with van der Waals surface area (Å²) in [6.07, 6.45) is -2.18. The van der Waals surface area contributed by atoms with Crippen LogP contribution in [0.25, 0.3) is 10.4 Å². The van der Waals surface area contributed by atoms with Crippen LogP contribution in [0.1, 0.15) is 6.92 Å². The monoisotopic (exact) mass is 521 g/mol. The number of aliphatic hydroxyl groups excluding tert-OH is 1. The smallest absolute Gasteiger partial charge is 0.389 e. The molecule has 6 atom stereocenters. The van der Waals surface area contributed by atoms with E-state index >= 15 is 0 Å². The molecule has 0 aromatic carbocycles. The van der Waals surface area contributed by atoms with Crippen molar-refractivity contribution in [1.29, 1.82) is 0 Å². The third-order valence-corrected chi connectivity index (χ3v) is 7.85. The maximum Gasteiger partial charge on any atom is 0.490 e. The van der Waals surface area contributed by atoms with Crippen molar-refractivity contribution in [3.8, 4) is 0 Å². The molecule has 2 aliphatic heterocycles. The number of azide groups is 1. The summed E-state index contributed by atoms with van der Waals surface area (Å²) < 4.78 is 51.1. The Bertz CT molecular complexity index is 1010. The number of aliphatic hydroxyl groups is 1. The van der Waals surface area contributed by atoms with E-state index in [-0.39, 0.29) is 5.82 Å². The van der Waals surface area contributed by atoms with Gasteiger partial charge in [0.15, 0.2) is 0 Å². The number of nitrogens with one attached hydrogen (secondary N) is 1. The van der Waals surface area contributed by atoms with Crippen molar-refractivity contribution in [3.63, 3.8) is 0 Å². The van der Waals surface area contributed by atoms with Gasteiger partial charge in [-0.25, -0.2) is 13.7 Å². The van der Waals surface area contributed by atoms with E-state index in [4.69, 9.17) is 24.9 Å². The average Bonchev–Trinajstić information content (AvgIpc) is 2.82. The molecule has 0 bridgehead atoms. The van der Waals surface area contributed by atoms with Crippen LogP contribution in [0.4, 0.5) is 0 Å². The van der Waals surface area contributed by atoms with E-state index in [9.17, 15) is 28.5 Å². The molecule has 2 aliphatic rings. The van der Waals surface area contributed by atoms with E-state index < -0.39 is 60.0 Å². The van der Waals surface area contributed by atoms with E-state index in [0.717, 1.165) is 6.08 Å². The summed E-state index contributed by atoms with van der Waals surface area (Å²) in [5.74, 6) is -0.526. The summed E-state index contributed by atoms with van der Waals surface area (Å²) in [5.41, 5.74) is 7.13. The van der Waals surface area contributed by atoms with Crippen LogP contribution in [0.2, 0.25) is 0 Å². The minimum atomic E-state index is -5.74. The Morgan fingerprint density at radius 1 is 1.31 bits per heavy atom. The van der Waals surface area contributed by atoms with Gasteiger partial charge < -0.3 is 39.6 Å². The lowest BCUT2D eigenvalue weighted by molar-refractivity contribution is -0.118. The summed E-state index contributed by atoms with van der Waals surface area (Å²) in [5, 5.41) is 16.4. The van der Waals surface area contributed by atoms with E-state index in [1.165, 1.54) is 18.0 Å². The first-order valence-electron chi connectivity index (χ1n) is 8.14. The van der Waals surface area contributed by atoms with Crippen molar-refractivity contribution >= 4 is 29.4 Å². The fraction of sp³-hybridized carbons (Fsp3) is 0.545. The third-order valence-electron chi connectivity index (χ3n) is 4.05. The quantitative estimate of drug-likeness (QED) is 0.100. The van der Waals surface area contributed by atoms with Crippen LogP contribution >= 0.6 is 23.5 Å². The van der Waals surface area contributed by atoms with Crippen LogP contribution in [-0.2, 0) is 36.4 Å². The summed E-state index contributed by atoms with van der Waals surface area (Å²) in [7, 11) is -16.8. The molecule has 180 valence electrons. The highest BCUT2D eigenvalue weighted by Gasteiger charge is 2.56. The Labute approximate surface area is 179 Å². The first-order valence-corrected chi connectivity index (χ1v) is 12.7. The van der Waals surface area contributed by atoms with Gasteiger partial charge in [0.2, 0.25) is 0 Å². The van der Waals surface area contributed by atoms with Crippen molar-refractivity contribution < 1.29 is 61.1 Å². The van der Waals surface area contributed by atoms with Crippen LogP contribution in [0, 0.1) is 0 Å². The molecule has 32 heavy (non-hydrogen) atoms. The van der Waals surface area contributed by atoms with E-state index in [1.807, 2.05) is 0 Å². The number of phosphoric acid groups is 3. The molecule has 0 spiro atoms. The molecular formula is C11H18N5O13P3. The standard InChI is InChI=1S/C11H18N5O13P3/c1-6-13-8(17)3-4-16(6)10-11(2,14-15-12)9(18)7(27-10)5-26-31(22,23)29-32(24,25)28-30(19,20)21/h3-4,7,9-10,18H,1,5H2,2H3,(H,13,17)(H,22,23)(H,24,25)(H2,19,20,21)/t7-,9-,10-,11-/m1/s1. The minimum Gasteiger partial charge on any atom is -0.389 e. The van der Waals surface area contributed by atoms with Gasteiger partial charge in [-0.15, -0.1) is 0 Å². The lowest BCUT2D eigenvalue weighted by Crippen LogP contribution is -2.52. The molecule has 1 fully saturated rings. The zero-order chi connectivity index (χ0) is 24.5. The number of hydrogen-bond acceptors (Lipinski definition) is 11. The fourth-order valence-electron chi connectivity index (χ4n) is 2.76. The number of carbonyl (C=O) groups excluding carboxylic acids is 1. The highest BCUT2D eigenvalue weighted by molar-refractivity contribution is 7.66. The van der Waals surface area contributed by atoms with Crippen LogP contribution in [0.3, 0.4) is 0 Å². The third kappa shape index (κ3) is 6.47. The second-order valence-corrected chi connectivity index (χ2v) is 10.9. The zero-order valence-corrected chi connectivity index (χ0v) is 18.6. The molecule has 18 nitrogen and oxygen atoms in total. The van der Waals surface area contributed by atoms with E-state index in [1.54, 1.807) is 0 Å². The molecule has 2 rings (SSSR count). The Balaban J connectivity index is 2.18. The van der Waals surface area contributed by atoms with Crippen molar-refractivity contribution in [2.24, 2.45) is 5.11 Å². The lowest BCUT2D eigenvalue weighted by atomic mass is 9.92. The van der Waals surface area contributed by atoms with Crippen LogP contribution < -0.4 is 5.32 Å². The molecule has 0 aromatic heterocycles. The van der Waals surface area contributed by atoms with Crippen molar-refractivity contribution in [1.82, 2.24) is 10.2 Å². The number of phosphoric ester groups is 1. The molecule has 0 radical (unpaired) electrons. The number of amides is 1. The molecule has 2 heterocycles. The van der Waals surface area contributed by atoms with Crippen LogP contribution in [-0.4, -0.2) is 66.1 Å². The predicted molar refractivity (Wildman–Crippen MR) is 100 cm³/mol. The average molecular weight is 521 g/mol. The summed E-state index contributed by atoms with van der Waals surface area (Å²) in [6.45, 7) is 3.87. The Hall–Kier alpha value is -1.61. The molecule has 21 heteroatoms. The second kappa shape index (κ2) is 9.33. The second-order valence-electron chi connectivity index (χ2n) is 6.43. The zero-order valence-electron chi connectivity index (χ0n) is 15.9.